The maximum absolute atomic E-state index is 13.1. The number of nitrogens with one attached hydrogen (secondary N) is 1. The lowest BCUT2D eigenvalue weighted by molar-refractivity contribution is 0.416. The molecule has 5 heteroatoms. The molecule has 0 amide bonds. The van der Waals surface area contributed by atoms with E-state index in [0.717, 1.165) is 5.56 Å². The number of anilines is 1. The van der Waals surface area contributed by atoms with Crippen LogP contribution >= 0.6 is 11.6 Å². The summed E-state index contributed by atoms with van der Waals surface area (Å²) in [6.45, 7) is 0.412. The Morgan fingerprint density at radius 2 is 2.15 bits per heavy atom. The topological polar surface area (TPSA) is 45.0 Å². The Balaban J connectivity index is 2.22. The maximum atomic E-state index is 13.1. The molecule has 3 nitrogen and oxygen atoms in total. The SMILES string of the molecule is COc1cccc(C#N)c1NCc1ccc(F)c(Cl)c1. The number of hydrogen-bond acceptors (Lipinski definition) is 3. The predicted octanol–water partition coefficient (Wildman–Crippen LogP) is 3.97. The number of rotatable bonds is 4. The van der Waals surface area contributed by atoms with Gasteiger partial charge in [-0.25, -0.2) is 4.39 Å². The van der Waals surface area contributed by atoms with Crippen molar-refractivity contribution in [3.05, 3.63) is 58.4 Å². The van der Waals surface area contributed by atoms with Crippen LogP contribution in [0.4, 0.5) is 10.1 Å². The van der Waals surface area contributed by atoms with E-state index < -0.39 is 5.82 Å². The zero-order valence-electron chi connectivity index (χ0n) is 10.8. The van der Waals surface area contributed by atoms with E-state index >= 15 is 0 Å². The fourth-order valence-electron chi connectivity index (χ4n) is 1.82. The van der Waals surface area contributed by atoms with Gasteiger partial charge in [0.05, 0.1) is 23.4 Å². The predicted molar refractivity (Wildman–Crippen MR) is 76.4 cm³/mol. The van der Waals surface area contributed by atoms with Crippen molar-refractivity contribution in [2.45, 2.75) is 6.54 Å². The van der Waals surface area contributed by atoms with Crippen LogP contribution in [0.25, 0.3) is 0 Å². The summed E-state index contributed by atoms with van der Waals surface area (Å²) in [6, 6.07) is 11.8. The van der Waals surface area contributed by atoms with Gasteiger partial charge in [-0.3, -0.25) is 0 Å². The highest BCUT2D eigenvalue weighted by Crippen LogP contribution is 2.28. The largest absolute Gasteiger partial charge is 0.495 e. The Hall–Kier alpha value is -2.25. The molecule has 0 spiro atoms. The Morgan fingerprint density at radius 3 is 2.80 bits per heavy atom. The van der Waals surface area contributed by atoms with Crippen LogP contribution in [-0.4, -0.2) is 7.11 Å². The van der Waals surface area contributed by atoms with Crippen LogP contribution in [0.2, 0.25) is 5.02 Å². The van der Waals surface area contributed by atoms with Gasteiger partial charge in [-0.15, -0.1) is 0 Å². The Labute approximate surface area is 121 Å². The monoisotopic (exact) mass is 290 g/mol. The van der Waals surface area contributed by atoms with Crippen molar-refractivity contribution >= 4 is 17.3 Å². The average Bonchev–Trinajstić information content (AvgIpc) is 2.48. The second-order valence-corrected chi connectivity index (χ2v) is 4.50. The van der Waals surface area contributed by atoms with Crippen LogP contribution in [0.5, 0.6) is 5.75 Å². The molecule has 102 valence electrons. The Kier molecular flexibility index (Phi) is 4.44. The molecule has 0 saturated heterocycles. The lowest BCUT2D eigenvalue weighted by Gasteiger charge is -2.12. The molecule has 0 bridgehead atoms. The Morgan fingerprint density at radius 1 is 1.35 bits per heavy atom. The summed E-state index contributed by atoms with van der Waals surface area (Å²) >= 11 is 5.73. The van der Waals surface area contributed by atoms with E-state index in [1.54, 1.807) is 30.3 Å². The van der Waals surface area contributed by atoms with Crippen LogP contribution < -0.4 is 10.1 Å². The van der Waals surface area contributed by atoms with Crippen LogP contribution in [0.3, 0.4) is 0 Å². The quantitative estimate of drug-likeness (QED) is 0.926. The minimum absolute atomic E-state index is 0.0739. The number of nitriles is 1. The van der Waals surface area contributed by atoms with Gasteiger partial charge in [0.2, 0.25) is 0 Å². The first-order valence-corrected chi connectivity index (χ1v) is 6.28. The summed E-state index contributed by atoms with van der Waals surface area (Å²) in [5.74, 6) is 0.127. The van der Waals surface area contributed by atoms with Crippen molar-refractivity contribution in [1.29, 1.82) is 5.26 Å². The standard InChI is InChI=1S/C15H12ClFN2O/c1-20-14-4-2-3-11(8-18)15(14)19-9-10-5-6-13(17)12(16)7-10/h2-7,19H,9H2,1H3. The fourth-order valence-corrected chi connectivity index (χ4v) is 2.02. The lowest BCUT2D eigenvalue weighted by Crippen LogP contribution is -2.03. The van der Waals surface area contributed by atoms with E-state index in [2.05, 4.69) is 11.4 Å². The summed E-state index contributed by atoms with van der Waals surface area (Å²) < 4.78 is 18.3. The number of ether oxygens (including phenoxy) is 1. The molecule has 0 aliphatic heterocycles. The van der Waals surface area contributed by atoms with Gasteiger partial charge in [-0.05, 0) is 29.8 Å². The zero-order valence-corrected chi connectivity index (χ0v) is 11.5. The van der Waals surface area contributed by atoms with E-state index in [9.17, 15) is 4.39 Å². The normalized spacial score (nSPS) is 9.90. The van der Waals surface area contributed by atoms with Gasteiger partial charge < -0.3 is 10.1 Å². The number of benzene rings is 2. The molecule has 2 rings (SSSR count). The summed E-state index contributed by atoms with van der Waals surface area (Å²) in [4.78, 5) is 0. The summed E-state index contributed by atoms with van der Waals surface area (Å²) in [5.41, 5.74) is 1.90. The smallest absolute Gasteiger partial charge is 0.143 e. The molecule has 0 aliphatic carbocycles. The highest BCUT2D eigenvalue weighted by molar-refractivity contribution is 6.30. The van der Waals surface area contributed by atoms with Crippen molar-refractivity contribution < 1.29 is 9.13 Å². The van der Waals surface area contributed by atoms with E-state index in [1.165, 1.54) is 13.2 Å². The number of para-hydroxylation sites is 1. The van der Waals surface area contributed by atoms with Gasteiger partial charge in [0.25, 0.3) is 0 Å². The molecule has 0 saturated carbocycles. The fraction of sp³-hybridized carbons (Fsp3) is 0.133. The van der Waals surface area contributed by atoms with E-state index in [4.69, 9.17) is 21.6 Å². The van der Waals surface area contributed by atoms with Gasteiger partial charge in [-0.1, -0.05) is 23.7 Å². The van der Waals surface area contributed by atoms with Gasteiger partial charge in [-0.2, -0.15) is 5.26 Å². The molecule has 0 aliphatic rings. The number of methoxy groups -OCH3 is 1. The minimum Gasteiger partial charge on any atom is -0.495 e. The first-order chi connectivity index (χ1) is 9.65. The first-order valence-electron chi connectivity index (χ1n) is 5.90. The number of nitrogens with zero attached hydrogens (tertiary/aromatic N) is 1. The van der Waals surface area contributed by atoms with E-state index in [-0.39, 0.29) is 5.02 Å². The first kappa shape index (κ1) is 14.2. The third-order valence-electron chi connectivity index (χ3n) is 2.82. The molecular formula is C15H12ClFN2O. The van der Waals surface area contributed by atoms with E-state index in [0.29, 0.717) is 23.5 Å². The molecule has 2 aromatic rings. The molecule has 1 N–H and O–H groups in total. The molecule has 0 unspecified atom stereocenters. The second kappa shape index (κ2) is 6.27. The summed E-state index contributed by atoms with van der Waals surface area (Å²) in [5, 5.41) is 12.3. The Bertz CT molecular complexity index is 667. The number of halogens is 2. The second-order valence-electron chi connectivity index (χ2n) is 4.10. The van der Waals surface area contributed by atoms with Crippen molar-refractivity contribution in [2.24, 2.45) is 0 Å². The third kappa shape index (κ3) is 3.01. The van der Waals surface area contributed by atoms with Crippen LogP contribution in [-0.2, 0) is 6.54 Å². The minimum atomic E-state index is -0.453. The van der Waals surface area contributed by atoms with Gasteiger partial charge in [0.15, 0.2) is 0 Å². The average molecular weight is 291 g/mol. The third-order valence-corrected chi connectivity index (χ3v) is 3.11. The van der Waals surface area contributed by atoms with Gasteiger partial charge in [0.1, 0.15) is 17.6 Å². The molecule has 20 heavy (non-hydrogen) atoms. The molecule has 0 aromatic heterocycles. The number of hydrogen-bond donors (Lipinski definition) is 1. The van der Waals surface area contributed by atoms with Crippen molar-refractivity contribution in [3.63, 3.8) is 0 Å². The maximum Gasteiger partial charge on any atom is 0.143 e. The van der Waals surface area contributed by atoms with Gasteiger partial charge >= 0.3 is 0 Å². The van der Waals surface area contributed by atoms with Crippen LogP contribution in [0.1, 0.15) is 11.1 Å². The molecule has 0 radical (unpaired) electrons. The van der Waals surface area contributed by atoms with Crippen molar-refractivity contribution in [2.75, 3.05) is 12.4 Å². The van der Waals surface area contributed by atoms with Gasteiger partial charge in [0, 0.05) is 6.54 Å². The summed E-state index contributed by atoms with van der Waals surface area (Å²) in [6.07, 6.45) is 0. The highest BCUT2D eigenvalue weighted by Gasteiger charge is 2.09. The lowest BCUT2D eigenvalue weighted by atomic mass is 10.1. The molecular weight excluding hydrogens is 279 g/mol. The van der Waals surface area contributed by atoms with Crippen molar-refractivity contribution in [3.8, 4) is 11.8 Å². The molecule has 0 fully saturated rings. The molecule has 2 aromatic carbocycles. The van der Waals surface area contributed by atoms with Crippen LogP contribution in [0, 0.1) is 17.1 Å². The van der Waals surface area contributed by atoms with Crippen LogP contribution in [0.15, 0.2) is 36.4 Å². The summed E-state index contributed by atoms with van der Waals surface area (Å²) in [7, 11) is 1.54. The highest BCUT2D eigenvalue weighted by atomic mass is 35.5. The van der Waals surface area contributed by atoms with Crippen molar-refractivity contribution in [1.82, 2.24) is 0 Å². The molecule has 0 atom stereocenters. The van der Waals surface area contributed by atoms with E-state index in [1.807, 2.05) is 0 Å². The molecule has 0 heterocycles. The zero-order chi connectivity index (χ0) is 14.5.